The zero-order chi connectivity index (χ0) is 12.3. The molecule has 3 unspecified atom stereocenters. The van der Waals surface area contributed by atoms with E-state index in [9.17, 15) is 5.11 Å². The molecular weight excluding hydrogens is 210 g/mol. The number of hydrogen-bond donors (Lipinski definition) is 1. The third-order valence-electron chi connectivity index (χ3n) is 4.01. The van der Waals surface area contributed by atoms with Gasteiger partial charge in [0.05, 0.1) is 11.8 Å². The van der Waals surface area contributed by atoms with Crippen LogP contribution in [0.15, 0.2) is 18.3 Å². The Morgan fingerprint density at radius 1 is 1.47 bits per heavy atom. The topological polar surface area (TPSA) is 33.1 Å². The van der Waals surface area contributed by atoms with Crippen molar-refractivity contribution in [3.63, 3.8) is 0 Å². The van der Waals surface area contributed by atoms with E-state index in [4.69, 9.17) is 0 Å². The van der Waals surface area contributed by atoms with Gasteiger partial charge in [-0.1, -0.05) is 32.8 Å². The second-order valence-corrected chi connectivity index (χ2v) is 5.38. The second-order valence-electron chi connectivity index (χ2n) is 5.38. The monoisotopic (exact) mass is 233 g/mol. The van der Waals surface area contributed by atoms with Gasteiger partial charge in [-0.15, -0.1) is 0 Å². The predicted octanol–water partition coefficient (Wildman–Crippen LogP) is 3.50. The number of nitrogens with zero attached hydrogens (tertiary/aromatic N) is 1. The third-order valence-corrected chi connectivity index (χ3v) is 4.01. The first kappa shape index (κ1) is 12.6. The highest BCUT2D eigenvalue weighted by atomic mass is 16.3. The van der Waals surface area contributed by atoms with E-state index in [1.54, 1.807) is 6.20 Å². The maximum absolute atomic E-state index is 10.5. The van der Waals surface area contributed by atoms with Gasteiger partial charge in [0.15, 0.2) is 0 Å². The van der Waals surface area contributed by atoms with Crippen LogP contribution in [0.25, 0.3) is 0 Å². The van der Waals surface area contributed by atoms with E-state index >= 15 is 0 Å². The lowest BCUT2D eigenvalue weighted by Crippen LogP contribution is -2.21. The fourth-order valence-corrected chi connectivity index (χ4v) is 3.01. The first-order valence-corrected chi connectivity index (χ1v) is 6.84. The number of aromatic nitrogens is 1. The summed E-state index contributed by atoms with van der Waals surface area (Å²) >= 11 is 0. The lowest BCUT2D eigenvalue weighted by atomic mass is 9.78. The SMILES string of the molecule is CCc1cccnc1C(O)C1CCCC(C)C1. The lowest BCUT2D eigenvalue weighted by molar-refractivity contribution is 0.0673. The highest BCUT2D eigenvalue weighted by Gasteiger charge is 2.28. The Kier molecular flexibility index (Phi) is 4.16. The van der Waals surface area contributed by atoms with Gasteiger partial charge in [-0.3, -0.25) is 4.98 Å². The predicted molar refractivity (Wildman–Crippen MR) is 69.7 cm³/mol. The van der Waals surface area contributed by atoms with Crippen molar-refractivity contribution in [2.45, 2.75) is 52.1 Å². The molecule has 0 aromatic carbocycles. The van der Waals surface area contributed by atoms with E-state index in [1.807, 2.05) is 6.07 Å². The molecule has 2 rings (SSSR count). The molecule has 0 bridgehead atoms. The summed E-state index contributed by atoms with van der Waals surface area (Å²) in [6.07, 6.45) is 7.22. The van der Waals surface area contributed by atoms with Crippen molar-refractivity contribution >= 4 is 0 Å². The Bertz CT molecular complexity index is 364. The normalized spacial score (nSPS) is 26.8. The molecular formula is C15H23NO. The molecule has 1 aromatic rings. The number of aliphatic hydroxyl groups is 1. The molecule has 1 aliphatic carbocycles. The average Bonchev–Trinajstić information content (AvgIpc) is 2.38. The maximum Gasteiger partial charge on any atom is 0.0990 e. The number of hydrogen-bond acceptors (Lipinski definition) is 2. The van der Waals surface area contributed by atoms with Gasteiger partial charge in [0.2, 0.25) is 0 Å². The summed E-state index contributed by atoms with van der Waals surface area (Å²) < 4.78 is 0. The number of rotatable bonds is 3. The summed E-state index contributed by atoms with van der Waals surface area (Å²) in [7, 11) is 0. The number of pyridine rings is 1. The molecule has 1 saturated carbocycles. The Morgan fingerprint density at radius 2 is 2.29 bits per heavy atom. The summed E-state index contributed by atoms with van der Waals surface area (Å²) in [4.78, 5) is 4.40. The Balaban J connectivity index is 2.15. The van der Waals surface area contributed by atoms with Crippen LogP contribution in [0.1, 0.15) is 56.9 Å². The van der Waals surface area contributed by atoms with Crippen LogP contribution in [0.2, 0.25) is 0 Å². The van der Waals surface area contributed by atoms with E-state index in [-0.39, 0.29) is 6.10 Å². The summed E-state index contributed by atoms with van der Waals surface area (Å²) in [6.45, 7) is 4.41. The van der Waals surface area contributed by atoms with Crippen LogP contribution in [0.5, 0.6) is 0 Å². The maximum atomic E-state index is 10.5. The van der Waals surface area contributed by atoms with E-state index in [0.717, 1.165) is 30.9 Å². The van der Waals surface area contributed by atoms with Crippen LogP contribution in [-0.4, -0.2) is 10.1 Å². The minimum atomic E-state index is -0.367. The summed E-state index contributed by atoms with van der Waals surface area (Å²) in [5.74, 6) is 1.15. The van der Waals surface area contributed by atoms with Gasteiger partial charge < -0.3 is 5.11 Å². The molecule has 1 N–H and O–H groups in total. The van der Waals surface area contributed by atoms with Crippen LogP contribution >= 0.6 is 0 Å². The molecule has 3 atom stereocenters. The molecule has 0 aliphatic heterocycles. The highest BCUT2D eigenvalue weighted by Crippen LogP contribution is 2.37. The van der Waals surface area contributed by atoms with Gasteiger partial charge in [-0.25, -0.2) is 0 Å². The average molecular weight is 233 g/mol. The van der Waals surface area contributed by atoms with Crippen molar-refractivity contribution in [2.24, 2.45) is 11.8 Å². The quantitative estimate of drug-likeness (QED) is 0.866. The minimum absolute atomic E-state index is 0.367. The minimum Gasteiger partial charge on any atom is -0.387 e. The largest absolute Gasteiger partial charge is 0.387 e. The summed E-state index contributed by atoms with van der Waals surface area (Å²) in [5, 5.41) is 10.5. The van der Waals surface area contributed by atoms with Crippen LogP contribution in [-0.2, 0) is 6.42 Å². The summed E-state index contributed by atoms with van der Waals surface area (Å²) in [6, 6.07) is 4.04. The zero-order valence-corrected chi connectivity index (χ0v) is 10.9. The molecule has 0 spiro atoms. The van der Waals surface area contributed by atoms with Crippen LogP contribution < -0.4 is 0 Å². The van der Waals surface area contributed by atoms with Crippen molar-refractivity contribution in [1.29, 1.82) is 0 Å². The van der Waals surface area contributed by atoms with Crippen molar-refractivity contribution in [3.8, 4) is 0 Å². The number of aliphatic hydroxyl groups excluding tert-OH is 1. The first-order valence-electron chi connectivity index (χ1n) is 6.84. The Hall–Kier alpha value is -0.890. The van der Waals surface area contributed by atoms with Gasteiger partial charge >= 0.3 is 0 Å². The molecule has 1 fully saturated rings. The molecule has 0 amide bonds. The molecule has 17 heavy (non-hydrogen) atoms. The van der Waals surface area contributed by atoms with Crippen LogP contribution in [0, 0.1) is 11.8 Å². The Labute approximate surface area is 104 Å². The van der Waals surface area contributed by atoms with E-state index < -0.39 is 0 Å². The van der Waals surface area contributed by atoms with Gasteiger partial charge in [0, 0.05) is 6.20 Å². The molecule has 0 radical (unpaired) electrons. The van der Waals surface area contributed by atoms with Crippen molar-refractivity contribution < 1.29 is 5.11 Å². The molecule has 1 aliphatic rings. The standard InChI is InChI=1S/C15H23NO/c1-3-12-8-5-9-16-14(12)15(17)13-7-4-6-11(2)10-13/h5,8-9,11,13,15,17H,3-4,6-7,10H2,1-2H3. The van der Waals surface area contributed by atoms with Gasteiger partial charge in [-0.2, -0.15) is 0 Å². The first-order chi connectivity index (χ1) is 8.22. The van der Waals surface area contributed by atoms with Gasteiger partial charge in [0.1, 0.15) is 0 Å². The number of aryl methyl sites for hydroxylation is 1. The zero-order valence-electron chi connectivity index (χ0n) is 10.9. The second kappa shape index (κ2) is 5.63. The molecule has 1 heterocycles. The molecule has 2 heteroatoms. The molecule has 94 valence electrons. The Morgan fingerprint density at radius 3 is 3.00 bits per heavy atom. The van der Waals surface area contributed by atoms with Crippen molar-refractivity contribution in [3.05, 3.63) is 29.6 Å². The van der Waals surface area contributed by atoms with Crippen molar-refractivity contribution in [2.75, 3.05) is 0 Å². The fraction of sp³-hybridized carbons (Fsp3) is 0.667. The van der Waals surface area contributed by atoms with Crippen LogP contribution in [0.3, 0.4) is 0 Å². The van der Waals surface area contributed by atoms with Crippen LogP contribution in [0.4, 0.5) is 0 Å². The summed E-state index contributed by atoms with van der Waals surface area (Å²) in [5.41, 5.74) is 2.10. The van der Waals surface area contributed by atoms with Gasteiger partial charge in [-0.05, 0) is 42.7 Å². The molecule has 0 saturated heterocycles. The fourth-order valence-electron chi connectivity index (χ4n) is 3.01. The van der Waals surface area contributed by atoms with Gasteiger partial charge in [0.25, 0.3) is 0 Å². The van der Waals surface area contributed by atoms with E-state index in [1.165, 1.54) is 18.4 Å². The molecule has 1 aromatic heterocycles. The third kappa shape index (κ3) is 2.86. The van der Waals surface area contributed by atoms with Crippen molar-refractivity contribution in [1.82, 2.24) is 4.98 Å². The highest BCUT2D eigenvalue weighted by molar-refractivity contribution is 5.22. The lowest BCUT2D eigenvalue weighted by Gasteiger charge is -2.30. The van der Waals surface area contributed by atoms with E-state index in [0.29, 0.717) is 5.92 Å². The van der Waals surface area contributed by atoms with E-state index in [2.05, 4.69) is 24.9 Å². The smallest absolute Gasteiger partial charge is 0.0990 e. The molecule has 2 nitrogen and oxygen atoms in total.